The number of carbonyl (C=O) groups is 1. The number of nitriles is 1. The molecule has 0 aliphatic rings. The Labute approximate surface area is 116 Å². The average molecular weight is 269 g/mol. The Hall–Kier alpha value is -2.68. The van der Waals surface area contributed by atoms with Crippen LogP contribution in [-0.2, 0) is 6.42 Å². The molecule has 0 aliphatic heterocycles. The van der Waals surface area contributed by atoms with Gasteiger partial charge < -0.3 is 5.32 Å². The second-order valence-corrected chi connectivity index (χ2v) is 4.46. The van der Waals surface area contributed by atoms with E-state index in [0.29, 0.717) is 12.1 Å². The molecular weight excluding hydrogens is 254 g/mol. The fraction of sp³-hybridized carbons (Fsp3) is 0.286. The van der Waals surface area contributed by atoms with Crippen LogP contribution in [0.15, 0.2) is 18.3 Å². The predicted molar refractivity (Wildman–Crippen MR) is 73.1 cm³/mol. The maximum atomic E-state index is 11.9. The van der Waals surface area contributed by atoms with Crippen LogP contribution in [0.3, 0.4) is 0 Å². The van der Waals surface area contributed by atoms with E-state index >= 15 is 0 Å². The van der Waals surface area contributed by atoms with E-state index in [1.807, 2.05) is 19.9 Å². The van der Waals surface area contributed by atoms with Gasteiger partial charge in [-0.15, -0.1) is 0 Å². The molecule has 0 saturated carbocycles. The van der Waals surface area contributed by atoms with Crippen molar-refractivity contribution in [1.29, 1.82) is 5.26 Å². The van der Waals surface area contributed by atoms with Crippen LogP contribution in [0, 0.1) is 25.2 Å². The lowest BCUT2D eigenvalue weighted by molar-refractivity contribution is 0.0954. The average Bonchev–Trinajstić information content (AvgIpc) is 2.79. The molecule has 6 nitrogen and oxygen atoms in total. The van der Waals surface area contributed by atoms with Crippen LogP contribution in [0.4, 0.5) is 0 Å². The first-order chi connectivity index (χ1) is 9.61. The van der Waals surface area contributed by atoms with Crippen molar-refractivity contribution in [3.05, 3.63) is 46.5 Å². The highest BCUT2D eigenvalue weighted by Crippen LogP contribution is 2.09. The molecule has 0 bridgehead atoms. The molecule has 0 aromatic carbocycles. The first-order valence-corrected chi connectivity index (χ1v) is 6.26. The number of amides is 1. The first kappa shape index (κ1) is 13.7. The number of pyridine rings is 1. The molecule has 2 N–H and O–H groups in total. The van der Waals surface area contributed by atoms with E-state index in [1.165, 1.54) is 12.3 Å². The van der Waals surface area contributed by atoms with Crippen molar-refractivity contribution in [2.45, 2.75) is 20.3 Å². The summed E-state index contributed by atoms with van der Waals surface area (Å²) >= 11 is 0. The van der Waals surface area contributed by atoms with Gasteiger partial charge in [0.05, 0.1) is 5.69 Å². The number of aromatic nitrogens is 3. The van der Waals surface area contributed by atoms with Gasteiger partial charge in [0.15, 0.2) is 0 Å². The molecule has 0 radical (unpaired) electrons. The summed E-state index contributed by atoms with van der Waals surface area (Å²) < 4.78 is 0. The summed E-state index contributed by atoms with van der Waals surface area (Å²) in [5.74, 6) is -0.206. The maximum Gasteiger partial charge on any atom is 0.251 e. The molecule has 1 amide bonds. The van der Waals surface area contributed by atoms with Crippen molar-refractivity contribution >= 4 is 5.91 Å². The van der Waals surface area contributed by atoms with Gasteiger partial charge in [0, 0.05) is 24.0 Å². The van der Waals surface area contributed by atoms with E-state index in [9.17, 15) is 4.79 Å². The summed E-state index contributed by atoms with van der Waals surface area (Å²) in [5, 5.41) is 18.6. The number of H-pyrrole nitrogens is 1. The zero-order valence-corrected chi connectivity index (χ0v) is 11.4. The lowest BCUT2D eigenvalue weighted by atomic mass is 10.1. The molecule has 0 atom stereocenters. The van der Waals surface area contributed by atoms with E-state index in [1.54, 1.807) is 6.07 Å². The highest BCUT2D eigenvalue weighted by atomic mass is 16.1. The van der Waals surface area contributed by atoms with Gasteiger partial charge in [0.2, 0.25) is 0 Å². The van der Waals surface area contributed by atoms with E-state index in [0.717, 1.165) is 23.4 Å². The van der Waals surface area contributed by atoms with Crippen molar-refractivity contribution in [2.75, 3.05) is 6.54 Å². The Balaban J connectivity index is 1.94. The number of carbonyl (C=O) groups excluding carboxylic acids is 1. The largest absolute Gasteiger partial charge is 0.352 e. The number of aryl methyl sites for hydroxylation is 2. The van der Waals surface area contributed by atoms with Gasteiger partial charge in [-0.3, -0.25) is 9.89 Å². The summed E-state index contributed by atoms with van der Waals surface area (Å²) in [7, 11) is 0. The summed E-state index contributed by atoms with van der Waals surface area (Å²) in [6.07, 6.45) is 2.17. The third kappa shape index (κ3) is 3.01. The number of hydrogen-bond acceptors (Lipinski definition) is 4. The predicted octanol–water partition coefficient (Wildman–Crippen LogP) is 1.27. The van der Waals surface area contributed by atoms with Gasteiger partial charge in [-0.1, -0.05) is 0 Å². The quantitative estimate of drug-likeness (QED) is 0.873. The van der Waals surface area contributed by atoms with Crippen molar-refractivity contribution in [3.63, 3.8) is 0 Å². The Morgan fingerprint density at radius 2 is 2.30 bits per heavy atom. The molecule has 2 heterocycles. The zero-order chi connectivity index (χ0) is 14.5. The van der Waals surface area contributed by atoms with Crippen molar-refractivity contribution < 1.29 is 4.79 Å². The molecule has 2 aromatic rings. The van der Waals surface area contributed by atoms with Crippen LogP contribution in [0.2, 0.25) is 0 Å². The minimum Gasteiger partial charge on any atom is -0.352 e. The summed E-state index contributed by atoms with van der Waals surface area (Å²) in [6, 6.07) is 4.98. The second kappa shape index (κ2) is 5.97. The molecule has 0 aliphatic carbocycles. The molecule has 0 spiro atoms. The van der Waals surface area contributed by atoms with E-state index in [2.05, 4.69) is 20.5 Å². The third-order valence-electron chi connectivity index (χ3n) is 3.08. The van der Waals surface area contributed by atoms with Gasteiger partial charge in [0.1, 0.15) is 11.8 Å². The van der Waals surface area contributed by atoms with Crippen molar-refractivity contribution in [1.82, 2.24) is 20.5 Å². The van der Waals surface area contributed by atoms with Gasteiger partial charge in [0.25, 0.3) is 5.91 Å². The fourth-order valence-corrected chi connectivity index (χ4v) is 1.98. The molecule has 0 unspecified atom stereocenters. The minimum absolute atomic E-state index is 0.206. The monoisotopic (exact) mass is 269 g/mol. The summed E-state index contributed by atoms with van der Waals surface area (Å²) in [6.45, 7) is 4.41. The van der Waals surface area contributed by atoms with E-state index in [4.69, 9.17) is 5.26 Å². The van der Waals surface area contributed by atoms with E-state index < -0.39 is 0 Å². The normalized spacial score (nSPS) is 10.1. The topological polar surface area (TPSA) is 94.5 Å². The number of aromatic amines is 1. The highest BCUT2D eigenvalue weighted by Gasteiger charge is 2.09. The smallest absolute Gasteiger partial charge is 0.251 e. The van der Waals surface area contributed by atoms with Crippen molar-refractivity contribution in [2.24, 2.45) is 0 Å². The molecule has 0 saturated heterocycles. The van der Waals surface area contributed by atoms with Crippen LogP contribution in [0.5, 0.6) is 0 Å². The molecule has 102 valence electrons. The van der Waals surface area contributed by atoms with Gasteiger partial charge in [-0.05, 0) is 38.0 Å². The maximum absolute atomic E-state index is 11.9. The number of hydrogen-bond donors (Lipinski definition) is 2. The molecule has 2 aromatic heterocycles. The summed E-state index contributed by atoms with van der Waals surface area (Å²) in [4.78, 5) is 15.8. The third-order valence-corrected chi connectivity index (χ3v) is 3.08. The number of rotatable bonds is 4. The Kier molecular flexibility index (Phi) is 4.11. The molecule has 20 heavy (non-hydrogen) atoms. The Morgan fingerprint density at radius 3 is 2.95 bits per heavy atom. The fourth-order valence-electron chi connectivity index (χ4n) is 1.98. The lowest BCUT2D eigenvalue weighted by Gasteiger charge is -2.05. The van der Waals surface area contributed by atoms with E-state index in [-0.39, 0.29) is 11.6 Å². The molecule has 0 fully saturated rings. The number of nitrogens with zero attached hydrogens (tertiary/aromatic N) is 3. The van der Waals surface area contributed by atoms with Crippen molar-refractivity contribution in [3.8, 4) is 6.07 Å². The van der Waals surface area contributed by atoms with Crippen LogP contribution in [-0.4, -0.2) is 27.6 Å². The molecule has 2 rings (SSSR count). The standard InChI is InChI=1S/C14H15N5O/c1-9-13(10(2)19-18-9)4-6-17-14(20)11-3-5-16-12(7-11)8-15/h3,5,7H,4,6H2,1-2H3,(H,17,20)(H,18,19). The molecular formula is C14H15N5O. The highest BCUT2D eigenvalue weighted by molar-refractivity contribution is 5.94. The minimum atomic E-state index is -0.206. The van der Waals surface area contributed by atoms with Gasteiger partial charge in [-0.25, -0.2) is 4.98 Å². The molecule has 6 heteroatoms. The first-order valence-electron chi connectivity index (χ1n) is 6.26. The summed E-state index contributed by atoms with van der Waals surface area (Å²) in [5.41, 5.74) is 3.77. The SMILES string of the molecule is Cc1n[nH]c(C)c1CCNC(=O)c1ccnc(C#N)c1. The number of nitrogens with one attached hydrogen (secondary N) is 2. The van der Waals surface area contributed by atoms with Crippen LogP contribution in [0.25, 0.3) is 0 Å². The van der Waals surface area contributed by atoms with Gasteiger partial charge in [-0.2, -0.15) is 10.4 Å². The lowest BCUT2D eigenvalue weighted by Crippen LogP contribution is -2.26. The van der Waals surface area contributed by atoms with Crippen LogP contribution in [0.1, 0.15) is 33.0 Å². The van der Waals surface area contributed by atoms with Crippen LogP contribution >= 0.6 is 0 Å². The second-order valence-electron chi connectivity index (χ2n) is 4.46. The van der Waals surface area contributed by atoms with Crippen LogP contribution < -0.4 is 5.32 Å². The van der Waals surface area contributed by atoms with Gasteiger partial charge >= 0.3 is 0 Å². The Morgan fingerprint density at radius 1 is 1.50 bits per heavy atom. The zero-order valence-electron chi connectivity index (χ0n) is 11.4. The Bertz CT molecular complexity index is 649.